The minimum absolute atomic E-state index is 0.00321. The highest BCUT2D eigenvalue weighted by atomic mass is 16.7. The number of nitrogens with one attached hydrogen (secondary N) is 1. The molecule has 5 fully saturated rings. The number of hydroxylamine groups is 2. The molecule has 0 radical (unpaired) electrons. The molecule has 1 aliphatic heterocycles. The third-order valence-corrected chi connectivity index (χ3v) is 10.8. The largest absolute Gasteiger partial charge is 0.396 e. The van der Waals surface area contributed by atoms with E-state index < -0.39 is 0 Å². The Morgan fingerprint density at radius 3 is 2.32 bits per heavy atom. The molecule has 5 unspecified atom stereocenters. The Balaban J connectivity index is 1.05. The van der Waals surface area contributed by atoms with E-state index >= 15 is 0 Å². The zero-order valence-electron chi connectivity index (χ0n) is 23.3. The Morgan fingerprint density at radius 2 is 1.59 bits per heavy atom. The molecule has 0 aromatic rings. The molecule has 4 aliphatic carbocycles. The van der Waals surface area contributed by atoms with Crippen LogP contribution in [0.4, 0.5) is 0 Å². The molecule has 1 amide bonds. The van der Waals surface area contributed by atoms with Gasteiger partial charge in [0.1, 0.15) is 6.04 Å². The van der Waals surface area contributed by atoms with Gasteiger partial charge in [-0.05, 0) is 107 Å². The number of aliphatic hydroxyl groups is 1. The highest BCUT2D eigenvalue weighted by Crippen LogP contribution is 2.47. The molecule has 0 spiro atoms. The molecule has 37 heavy (non-hydrogen) atoms. The van der Waals surface area contributed by atoms with Crippen LogP contribution in [0.25, 0.3) is 0 Å². The molecule has 1 heterocycles. The summed E-state index contributed by atoms with van der Waals surface area (Å²) in [6.45, 7) is 4.37. The van der Waals surface area contributed by atoms with Crippen LogP contribution in [-0.4, -0.2) is 48.4 Å². The Kier molecular flexibility index (Phi) is 9.89. The molecule has 0 aromatic heterocycles. The number of hydrogen-bond donors (Lipinski definition) is 2. The van der Waals surface area contributed by atoms with E-state index in [0.29, 0.717) is 24.4 Å². The first-order valence-electron chi connectivity index (χ1n) is 15.9. The lowest BCUT2D eigenvalue weighted by atomic mass is 9.77. The van der Waals surface area contributed by atoms with Crippen molar-refractivity contribution in [2.75, 3.05) is 26.3 Å². The van der Waals surface area contributed by atoms with Crippen LogP contribution in [0.2, 0.25) is 0 Å². The summed E-state index contributed by atoms with van der Waals surface area (Å²) in [4.78, 5) is 19.3. The van der Waals surface area contributed by atoms with Crippen LogP contribution in [-0.2, 0) is 9.63 Å². The summed E-state index contributed by atoms with van der Waals surface area (Å²) >= 11 is 0. The molecule has 5 rings (SSSR count). The zero-order chi connectivity index (χ0) is 25.6. The quantitative estimate of drug-likeness (QED) is 0.438. The topological polar surface area (TPSA) is 61.8 Å². The Labute approximate surface area is 225 Å². The molecule has 1 saturated heterocycles. The van der Waals surface area contributed by atoms with Crippen LogP contribution in [0.15, 0.2) is 0 Å². The average Bonchev–Trinajstić information content (AvgIpc) is 3.53. The number of fused-ring (bicyclic) bond motifs is 1. The summed E-state index contributed by atoms with van der Waals surface area (Å²) in [5, 5.41) is 15.1. The van der Waals surface area contributed by atoms with Crippen molar-refractivity contribution >= 4 is 5.91 Å². The van der Waals surface area contributed by atoms with Gasteiger partial charge in [-0.1, -0.05) is 38.0 Å². The maximum Gasteiger partial charge on any atom is 0.240 e. The monoisotopic (exact) mass is 512 g/mol. The van der Waals surface area contributed by atoms with Crippen molar-refractivity contribution < 1.29 is 14.7 Å². The van der Waals surface area contributed by atoms with E-state index in [9.17, 15) is 9.90 Å². The summed E-state index contributed by atoms with van der Waals surface area (Å²) in [7, 11) is 0. The van der Waals surface area contributed by atoms with E-state index in [1.165, 1.54) is 77.0 Å². The van der Waals surface area contributed by atoms with Gasteiger partial charge in [0.05, 0.1) is 13.2 Å². The lowest BCUT2D eigenvalue weighted by Crippen LogP contribution is -2.48. The van der Waals surface area contributed by atoms with E-state index in [-0.39, 0.29) is 24.5 Å². The van der Waals surface area contributed by atoms with E-state index in [1.807, 2.05) is 5.06 Å². The van der Waals surface area contributed by atoms with E-state index in [4.69, 9.17) is 4.84 Å². The second-order valence-electron chi connectivity index (χ2n) is 13.4. The first-order valence-corrected chi connectivity index (χ1v) is 15.9. The molecule has 208 valence electrons. The van der Waals surface area contributed by atoms with Gasteiger partial charge in [-0.3, -0.25) is 9.63 Å². The van der Waals surface area contributed by atoms with Gasteiger partial charge in [0.15, 0.2) is 0 Å². The highest BCUT2D eigenvalue weighted by molar-refractivity contribution is 5.82. The number of carbonyl (C=O) groups excluding carboxylic acids is 1. The number of aliphatic hydroxyl groups excluding tert-OH is 1. The second kappa shape index (κ2) is 13.3. The number of rotatable bonds is 7. The molecule has 5 aliphatic rings. The van der Waals surface area contributed by atoms with Gasteiger partial charge in [0.25, 0.3) is 0 Å². The van der Waals surface area contributed by atoms with Crippen molar-refractivity contribution in [3.63, 3.8) is 0 Å². The van der Waals surface area contributed by atoms with Gasteiger partial charge in [-0.15, -0.1) is 0 Å². The third kappa shape index (κ3) is 7.11. The van der Waals surface area contributed by atoms with Crippen molar-refractivity contribution in [1.29, 1.82) is 0 Å². The number of nitrogens with zero attached hydrogens (tertiary/aromatic N) is 1. The fraction of sp³-hybridized carbons (Fsp3) is 0.906. The fourth-order valence-corrected chi connectivity index (χ4v) is 8.35. The maximum atomic E-state index is 13.3. The van der Waals surface area contributed by atoms with Crippen LogP contribution >= 0.6 is 0 Å². The lowest BCUT2D eigenvalue weighted by Gasteiger charge is -2.32. The summed E-state index contributed by atoms with van der Waals surface area (Å²) in [6.07, 6.45) is 19.4. The maximum absolute atomic E-state index is 13.3. The molecule has 2 N–H and O–H groups in total. The van der Waals surface area contributed by atoms with Gasteiger partial charge < -0.3 is 10.4 Å². The van der Waals surface area contributed by atoms with Crippen molar-refractivity contribution in [3.05, 3.63) is 0 Å². The summed E-state index contributed by atoms with van der Waals surface area (Å²) in [5.41, 5.74) is 0. The Hall–Kier alpha value is -1.09. The predicted molar refractivity (Wildman–Crippen MR) is 147 cm³/mol. The lowest BCUT2D eigenvalue weighted by molar-refractivity contribution is -0.158. The van der Waals surface area contributed by atoms with E-state index in [0.717, 1.165) is 56.0 Å². The smallest absolute Gasteiger partial charge is 0.240 e. The first kappa shape index (κ1) is 27.5. The molecule has 4 saturated carbocycles. The minimum atomic E-state index is -0.359. The minimum Gasteiger partial charge on any atom is -0.396 e. The number of carbonyl (C=O) groups is 1. The predicted octanol–water partition coefficient (Wildman–Crippen LogP) is 5.57. The van der Waals surface area contributed by atoms with Crippen molar-refractivity contribution in [2.45, 2.75) is 109 Å². The standard InChI is InChI=1S/C32H52N2O3/c1-23-6-8-24(9-7-23)10-11-25-12-14-26(15-13-25)20-34-31(29(21-35)22-37-34)32(36)33-19-18-28-17-16-27-4-2-3-5-30(27)28/h23-31,35H,2-9,12-22H2,1H3,(H,33,36). The molecule has 0 bridgehead atoms. The SMILES string of the molecule is CC1CCC(C#CC2CCC(CN3OCC(CO)C3C(=O)NCCC3CCC4CCCCC43)CC2)CC1. The van der Waals surface area contributed by atoms with E-state index in [1.54, 1.807) is 0 Å². The molecular weight excluding hydrogens is 460 g/mol. The van der Waals surface area contributed by atoms with E-state index in [2.05, 4.69) is 24.1 Å². The van der Waals surface area contributed by atoms with Gasteiger partial charge in [-0.2, -0.15) is 5.06 Å². The van der Waals surface area contributed by atoms with Crippen LogP contribution in [0.5, 0.6) is 0 Å². The fourth-order valence-electron chi connectivity index (χ4n) is 8.35. The van der Waals surface area contributed by atoms with Crippen molar-refractivity contribution in [2.24, 2.45) is 47.3 Å². The number of hydrogen-bond acceptors (Lipinski definition) is 4. The van der Waals surface area contributed by atoms with Gasteiger partial charge in [0, 0.05) is 30.8 Å². The van der Waals surface area contributed by atoms with Gasteiger partial charge in [0.2, 0.25) is 5.91 Å². The third-order valence-electron chi connectivity index (χ3n) is 10.8. The van der Waals surface area contributed by atoms with Crippen LogP contribution in [0.1, 0.15) is 103 Å². The Bertz CT molecular complexity index is 790. The Morgan fingerprint density at radius 1 is 0.892 bits per heavy atom. The summed E-state index contributed by atoms with van der Waals surface area (Å²) in [5.74, 6) is 12.4. The average molecular weight is 513 g/mol. The van der Waals surface area contributed by atoms with Gasteiger partial charge >= 0.3 is 0 Å². The molecule has 5 heteroatoms. The van der Waals surface area contributed by atoms with Gasteiger partial charge in [-0.25, -0.2) is 0 Å². The zero-order valence-corrected chi connectivity index (χ0v) is 23.3. The molecular formula is C32H52N2O3. The normalized spacial score (nSPS) is 40.5. The number of amides is 1. The molecule has 5 nitrogen and oxygen atoms in total. The second-order valence-corrected chi connectivity index (χ2v) is 13.4. The summed E-state index contributed by atoms with van der Waals surface area (Å²) in [6, 6.07) is -0.359. The first-order chi connectivity index (χ1) is 18.1. The highest BCUT2D eigenvalue weighted by Gasteiger charge is 2.42. The molecule has 5 atom stereocenters. The summed E-state index contributed by atoms with van der Waals surface area (Å²) < 4.78 is 0. The molecule has 0 aromatic carbocycles. The van der Waals surface area contributed by atoms with Crippen molar-refractivity contribution in [1.82, 2.24) is 10.4 Å². The van der Waals surface area contributed by atoms with Crippen LogP contribution in [0.3, 0.4) is 0 Å². The van der Waals surface area contributed by atoms with Crippen molar-refractivity contribution in [3.8, 4) is 11.8 Å². The van der Waals surface area contributed by atoms with Crippen LogP contribution in [0, 0.1) is 59.2 Å². The van der Waals surface area contributed by atoms with Crippen LogP contribution < -0.4 is 5.32 Å².